The first-order chi connectivity index (χ1) is 11.8. The van der Waals surface area contributed by atoms with Gasteiger partial charge in [0.1, 0.15) is 17.2 Å². The summed E-state index contributed by atoms with van der Waals surface area (Å²) in [5.74, 6) is -0.286. The van der Waals surface area contributed by atoms with Crippen LogP contribution in [0.5, 0.6) is 0 Å². The van der Waals surface area contributed by atoms with Crippen molar-refractivity contribution >= 4 is 5.91 Å². The summed E-state index contributed by atoms with van der Waals surface area (Å²) < 4.78 is 40.3. The molecule has 1 atom stereocenters. The number of rotatable bonds is 4. The summed E-state index contributed by atoms with van der Waals surface area (Å²) >= 11 is 0. The van der Waals surface area contributed by atoms with E-state index in [-0.39, 0.29) is 23.3 Å². The van der Waals surface area contributed by atoms with Gasteiger partial charge in [-0.05, 0) is 48.9 Å². The van der Waals surface area contributed by atoms with Crippen LogP contribution in [0.2, 0.25) is 0 Å². The van der Waals surface area contributed by atoms with Gasteiger partial charge in [-0.15, -0.1) is 0 Å². The molecular formula is C18H20F3N3O. The fourth-order valence-electron chi connectivity index (χ4n) is 3.24. The number of aromatic nitrogens is 2. The third kappa shape index (κ3) is 3.70. The smallest absolute Gasteiger partial charge is 0.282 e. The van der Waals surface area contributed by atoms with Crippen molar-refractivity contribution < 1.29 is 18.0 Å². The van der Waals surface area contributed by atoms with Crippen molar-refractivity contribution in [2.45, 2.75) is 26.2 Å². The molecule has 1 saturated heterocycles. The highest BCUT2D eigenvalue weighted by atomic mass is 19.3. The van der Waals surface area contributed by atoms with E-state index >= 15 is 0 Å². The van der Waals surface area contributed by atoms with Crippen LogP contribution in [0.25, 0.3) is 0 Å². The largest absolute Gasteiger partial charge is 0.337 e. The highest BCUT2D eigenvalue weighted by Crippen LogP contribution is 2.25. The number of alkyl halides is 2. The first kappa shape index (κ1) is 17.5. The highest BCUT2D eigenvalue weighted by molar-refractivity contribution is 5.92. The minimum Gasteiger partial charge on any atom is -0.337 e. The molecule has 2 aromatic rings. The van der Waals surface area contributed by atoms with Crippen LogP contribution in [-0.4, -0.2) is 33.7 Å². The van der Waals surface area contributed by atoms with E-state index < -0.39 is 12.1 Å². The summed E-state index contributed by atoms with van der Waals surface area (Å²) in [6, 6.07) is 6.34. The molecule has 0 saturated carbocycles. The molecule has 3 rings (SSSR count). The molecule has 0 N–H and O–H groups in total. The molecule has 7 heteroatoms. The van der Waals surface area contributed by atoms with Crippen LogP contribution in [0, 0.1) is 18.7 Å². The maximum absolute atomic E-state index is 13.7. The summed E-state index contributed by atoms with van der Waals surface area (Å²) in [7, 11) is 1.49. The SMILES string of the molecule is Cc1ccc(CC2CCN(C(=O)c3cc(C(F)F)nn3C)C2)cc1F. The van der Waals surface area contributed by atoms with Crippen LogP contribution in [-0.2, 0) is 13.5 Å². The van der Waals surface area contributed by atoms with E-state index in [4.69, 9.17) is 0 Å². The van der Waals surface area contributed by atoms with Gasteiger partial charge in [0.25, 0.3) is 12.3 Å². The van der Waals surface area contributed by atoms with Crippen LogP contribution in [0.1, 0.15) is 40.2 Å². The fourth-order valence-corrected chi connectivity index (χ4v) is 3.24. The third-order valence-corrected chi connectivity index (χ3v) is 4.68. The Morgan fingerprint density at radius 1 is 1.36 bits per heavy atom. The molecule has 1 unspecified atom stereocenters. The maximum Gasteiger partial charge on any atom is 0.282 e. The predicted molar refractivity (Wildman–Crippen MR) is 87.0 cm³/mol. The predicted octanol–water partition coefficient (Wildman–Crippen LogP) is 3.51. The summed E-state index contributed by atoms with van der Waals surface area (Å²) in [6.45, 7) is 2.81. The molecule has 0 bridgehead atoms. The molecule has 1 aromatic heterocycles. The topological polar surface area (TPSA) is 38.1 Å². The van der Waals surface area contributed by atoms with Crippen molar-refractivity contribution in [1.82, 2.24) is 14.7 Å². The second-order valence-electron chi connectivity index (χ2n) is 6.57. The van der Waals surface area contributed by atoms with Crippen molar-refractivity contribution in [2.75, 3.05) is 13.1 Å². The average Bonchev–Trinajstić information content (AvgIpc) is 3.17. The second-order valence-corrected chi connectivity index (χ2v) is 6.57. The third-order valence-electron chi connectivity index (χ3n) is 4.68. The Balaban J connectivity index is 1.66. The summed E-state index contributed by atoms with van der Waals surface area (Å²) in [5, 5.41) is 3.68. The lowest BCUT2D eigenvalue weighted by Gasteiger charge is -2.16. The number of benzene rings is 1. The lowest BCUT2D eigenvalue weighted by molar-refractivity contribution is 0.0776. The first-order valence-electron chi connectivity index (χ1n) is 8.21. The number of nitrogens with zero attached hydrogens (tertiary/aromatic N) is 3. The number of likely N-dealkylation sites (tertiary alicyclic amines) is 1. The van der Waals surface area contributed by atoms with E-state index in [1.165, 1.54) is 17.8 Å². The van der Waals surface area contributed by atoms with Gasteiger partial charge in [-0.3, -0.25) is 9.48 Å². The molecule has 1 aromatic carbocycles. The number of halogens is 3. The van der Waals surface area contributed by atoms with Gasteiger partial charge >= 0.3 is 0 Å². The molecule has 0 radical (unpaired) electrons. The van der Waals surface area contributed by atoms with Gasteiger partial charge in [-0.1, -0.05) is 12.1 Å². The van der Waals surface area contributed by atoms with Crippen LogP contribution in [0.15, 0.2) is 24.3 Å². The Kier molecular flexibility index (Phi) is 4.83. The Hall–Kier alpha value is -2.31. The van der Waals surface area contributed by atoms with Gasteiger partial charge in [0.05, 0.1) is 0 Å². The van der Waals surface area contributed by atoms with Crippen LogP contribution >= 0.6 is 0 Å². The Bertz CT molecular complexity index is 788. The number of amides is 1. The van der Waals surface area contributed by atoms with E-state index in [0.29, 0.717) is 25.1 Å². The number of hydrogen-bond acceptors (Lipinski definition) is 2. The zero-order valence-corrected chi connectivity index (χ0v) is 14.2. The fraction of sp³-hybridized carbons (Fsp3) is 0.444. The average molecular weight is 351 g/mol. The highest BCUT2D eigenvalue weighted by Gasteiger charge is 2.29. The van der Waals surface area contributed by atoms with Gasteiger partial charge in [0.15, 0.2) is 0 Å². The molecular weight excluding hydrogens is 331 g/mol. The number of carbonyl (C=O) groups excluding carboxylic acids is 1. The second kappa shape index (κ2) is 6.90. The summed E-state index contributed by atoms with van der Waals surface area (Å²) in [5.41, 5.74) is 1.29. The molecule has 1 aliphatic rings. The summed E-state index contributed by atoms with van der Waals surface area (Å²) in [6.07, 6.45) is -1.20. The number of hydrogen-bond donors (Lipinski definition) is 0. The molecule has 0 aliphatic carbocycles. The Morgan fingerprint density at radius 2 is 2.12 bits per heavy atom. The van der Waals surface area contributed by atoms with Gasteiger partial charge < -0.3 is 4.90 Å². The molecule has 2 heterocycles. The Morgan fingerprint density at radius 3 is 2.76 bits per heavy atom. The van der Waals surface area contributed by atoms with Gasteiger partial charge in [0.2, 0.25) is 0 Å². The molecule has 134 valence electrons. The summed E-state index contributed by atoms with van der Waals surface area (Å²) in [4.78, 5) is 14.2. The van der Waals surface area contributed by atoms with E-state index in [9.17, 15) is 18.0 Å². The van der Waals surface area contributed by atoms with E-state index in [2.05, 4.69) is 5.10 Å². The first-order valence-corrected chi connectivity index (χ1v) is 8.21. The molecule has 1 amide bonds. The maximum atomic E-state index is 13.7. The molecule has 1 fully saturated rings. The zero-order chi connectivity index (χ0) is 18.1. The van der Waals surface area contributed by atoms with Gasteiger partial charge in [0, 0.05) is 20.1 Å². The lowest BCUT2D eigenvalue weighted by Crippen LogP contribution is -2.30. The standard InChI is InChI=1S/C18H20F3N3O/c1-11-3-4-12(8-14(11)19)7-13-5-6-24(10-13)18(25)16-9-15(17(20)21)22-23(16)2/h3-4,8-9,13,17H,5-7,10H2,1-2H3. The lowest BCUT2D eigenvalue weighted by atomic mass is 9.98. The van der Waals surface area contributed by atoms with Crippen molar-refractivity contribution in [3.63, 3.8) is 0 Å². The monoisotopic (exact) mass is 351 g/mol. The van der Waals surface area contributed by atoms with Crippen molar-refractivity contribution in [1.29, 1.82) is 0 Å². The zero-order valence-electron chi connectivity index (χ0n) is 14.2. The van der Waals surface area contributed by atoms with Crippen LogP contribution < -0.4 is 0 Å². The van der Waals surface area contributed by atoms with Crippen LogP contribution in [0.3, 0.4) is 0 Å². The number of aryl methyl sites for hydroxylation is 2. The van der Waals surface area contributed by atoms with Crippen molar-refractivity contribution in [2.24, 2.45) is 13.0 Å². The van der Waals surface area contributed by atoms with E-state index in [1.54, 1.807) is 17.9 Å². The minimum atomic E-state index is -2.70. The molecule has 1 aliphatic heterocycles. The van der Waals surface area contributed by atoms with E-state index in [0.717, 1.165) is 18.1 Å². The van der Waals surface area contributed by atoms with Crippen molar-refractivity contribution in [3.05, 3.63) is 52.6 Å². The quantitative estimate of drug-likeness (QED) is 0.845. The molecule has 25 heavy (non-hydrogen) atoms. The van der Waals surface area contributed by atoms with Crippen molar-refractivity contribution in [3.8, 4) is 0 Å². The normalized spacial score (nSPS) is 17.5. The molecule has 4 nitrogen and oxygen atoms in total. The minimum absolute atomic E-state index is 0.164. The van der Waals surface area contributed by atoms with Gasteiger partial charge in [-0.2, -0.15) is 5.10 Å². The van der Waals surface area contributed by atoms with Crippen LogP contribution in [0.4, 0.5) is 13.2 Å². The Labute approximate surface area is 144 Å². The van der Waals surface area contributed by atoms with E-state index in [1.807, 2.05) is 6.07 Å². The molecule has 0 spiro atoms. The number of carbonyl (C=O) groups is 1. The van der Waals surface area contributed by atoms with Gasteiger partial charge in [-0.25, -0.2) is 13.2 Å².